The highest BCUT2D eigenvalue weighted by molar-refractivity contribution is 9.09. The summed E-state index contributed by atoms with van der Waals surface area (Å²) in [7, 11) is -3.79. The molecule has 1 aliphatic heterocycles. The van der Waals surface area contributed by atoms with Gasteiger partial charge < -0.3 is 0 Å². The highest BCUT2D eigenvalue weighted by atomic mass is 79.9. The van der Waals surface area contributed by atoms with E-state index in [2.05, 4.69) is 15.9 Å². The lowest BCUT2D eigenvalue weighted by Crippen LogP contribution is -2.31. The molecule has 0 spiro atoms. The number of hydrogen-bond donors (Lipinski definition) is 0. The number of amides is 1. The number of nitrogens with zero attached hydrogens (tertiary/aromatic N) is 1. The van der Waals surface area contributed by atoms with Gasteiger partial charge in [-0.3, -0.25) is 4.79 Å². The number of halogens is 2. The molecule has 1 heterocycles. The first-order valence-corrected chi connectivity index (χ1v) is 7.47. The van der Waals surface area contributed by atoms with E-state index in [9.17, 15) is 17.6 Å². The van der Waals surface area contributed by atoms with Crippen LogP contribution >= 0.6 is 15.9 Å². The van der Waals surface area contributed by atoms with Crippen LogP contribution in [0.4, 0.5) is 4.39 Å². The Labute approximate surface area is 107 Å². The van der Waals surface area contributed by atoms with Crippen molar-refractivity contribution in [3.63, 3.8) is 0 Å². The molecule has 0 atom stereocenters. The van der Waals surface area contributed by atoms with Gasteiger partial charge in [0.25, 0.3) is 15.9 Å². The maximum absolute atomic E-state index is 13.0. The van der Waals surface area contributed by atoms with Crippen LogP contribution in [-0.2, 0) is 10.0 Å². The molecule has 0 saturated carbocycles. The largest absolute Gasteiger partial charge is 0.269 e. The van der Waals surface area contributed by atoms with Crippen LogP contribution in [0.3, 0.4) is 0 Å². The summed E-state index contributed by atoms with van der Waals surface area (Å²) in [6, 6.07) is 3.13. The van der Waals surface area contributed by atoms with Crippen molar-refractivity contribution in [1.82, 2.24) is 4.31 Å². The molecule has 0 aromatic heterocycles. The minimum Gasteiger partial charge on any atom is -0.268 e. The predicted octanol–water partition coefficient (Wildman–Crippen LogP) is 1.76. The first-order valence-electron chi connectivity index (χ1n) is 4.91. The predicted molar refractivity (Wildman–Crippen MR) is 63.0 cm³/mol. The fourth-order valence-corrected chi connectivity index (χ4v) is 3.52. The van der Waals surface area contributed by atoms with Crippen LogP contribution < -0.4 is 0 Å². The third-order valence-corrected chi connectivity index (χ3v) is 4.86. The van der Waals surface area contributed by atoms with E-state index >= 15 is 0 Å². The molecule has 1 aromatic rings. The zero-order valence-electron chi connectivity index (χ0n) is 8.69. The maximum Gasteiger partial charge on any atom is 0.269 e. The molecule has 0 radical (unpaired) electrons. The second-order valence-corrected chi connectivity index (χ2v) is 6.19. The molecule has 4 nitrogen and oxygen atoms in total. The standard InChI is InChI=1S/C10H9BrFNO3S/c11-4-1-5-13-10(14)8-6-7(12)2-3-9(8)17(13,15)16/h2-3,6H,1,4-5H2. The Balaban J connectivity index is 2.49. The number of carbonyl (C=O) groups is 1. The van der Waals surface area contributed by atoms with Crippen molar-refractivity contribution < 1.29 is 17.6 Å². The summed E-state index contributed by atoms with van der Waals surface area (Å²) < 4.78 is 37.7. The first-order chi connectivity index (χ1) is 7.98. The molecule has 0 aliphatic carbocycles. The average Bonchev–Trinajstić information content (AvgIpc) is 2.45. The van der Waals surface area contributed by atoms with Gasteiger partial charge in [-0.2, -0.15) is 0 Å². The van der Waals surface area contributed by atoms with Crippen LogP contribution in [0.2, 0.25) is 0 Å². The van der Waals surface area contributed by atoms with Crippen molar-refractivity contribution >= 4 is 31.9 Å². The Hall–Kier alpha value is -0.950. The SMILES string of the molecule is O=C1c2cc(F)ccc2S(=O)(=O)N1CCCBr. The van der Waals surface area contributed by atoms with Gasteiger partial charge in [-0.05, 0) is 24.6 Å². The molecule has 92 valence electrons. The summed E-state index contributed by atoms with van der Waals surface area (Å²) >= 11 is 3.17. The molecule has 0 bridgehead atoms. The Morgan fingerprint density at radius 2 is 2.06 bits per heavy atom. The van der Waals surface area contributed by atoms with Gasteiger partial charge in [-0.25, -0.2) is 17.1 Å². The third kappa shape index (κ3) is 1.97. The second kappa shape index (κ2) is 4.38. The molecule has 0 saturated heterocycles. The van der Waals surface area contributed by atoms with Crippen LogP contribution in [0.15, 0.2) is 23.1 Å². The monoisotopic (exact) mass is 321 g/mol. The number of benzene rings is 1. The Morgan fingerprint density at radius 1 is 1.35 bits per heavy atom. The van der Waals surface area contributed by atoms with E-state index in [4.69, 9.17) is 0 Å². The molecule has 0 N–H and O–H groups in total. The second-order valence-electron chi connectivity index (χ2n) is 3.57. The molecular weight excluding hydrogens is 313 g/mol. The summed E-state index contributed by atoms with van der Waals surface area (Å²) in [5.74, 6) is -1.27. The highest BCUT2D eigenvalue weighted by Gasteiger charge is 2.40. The van der Waals surface area contributed by atoms with Gasteiger partial charge in [0, 0.05) is 11.9 Å². The average molecular weight is 322 g/mol. The van der Waals surface area contributed by atoms with E-state index in [-0.39, 0.29) is 17.0 Å². The normalized spacial score (nSPS) is 17.3. The number of rotatable bonds is 3. The number of carbonyl (C=O) groups excluding carboxylic acids is 1. The van der Waals surface area contributed by atoms with Crippen LogP contribution in [0.25, 0.3) is 0 Å². The lowest BCUT2D eigenvalue weighted by Gasteiger charge is -2.13. The van der Waals surface area contributed by atoms with Gasteiger partial charge >= 0.3 is 0 Å². The smallest absolute Gasteiger partial charge is 0.268 e. The molecule has 1 aliphatic rings. The number of hydrogen-bond acceptors (Lipinski definition) is 3. The van der Waals surface area contributed by atoms with Crippen molar-refractivity contribution in [3.05, 3.63) is 29.6 Å². The maximum atomic E-state index is 13.0. The lowest BCUT2D eigenvalue weighted by molar-refractivity contribution is 0.0871. The van der Waals surface area contributed by atoms with Gasteiger partial charge in [0.15, 0.2) is 0 Å². The molecule has 17 heavy (non-hydrogen) atoms. The molecular formula is C10H9BrFNO3S. The van der Waals surface area contributed by atoms with Crippen molar-refractivity contribution in [2.45, 2.75) is 11.3 Å². The van der Waals surface area contributed by atoms with Crippen LogP contribution in [0, 0.1) is 5.82 Å². The molecule has 1 aromatic carbocycles. The van der Waals surface area contributed by atoms with Gasteiger partial charge in [-0.15, -0.1) is 0 Å². The van der Waals surface area contributed by atoms with Crippen molar-refractivity contribution in [2.75, 3.05) is 11.9 Å². The van der Waals surface area contributed by atoms with Crippen molar-refractivity contribution in [1.29, 1.82) is 0 Å². The van der Waals surface area contributed by atoms with Crippen molar-refractivity contribution in [3.8, 4) is 0 Å². The zero-order chi connectivity index (χ0) is 12.6. The van der Waals surface area contributed by atoms with Crippen LogP contribution in [0.1, 0.15) is 16.8 Å². The summed E-state index contributed by atoms with van der Waals surface area (Å²) in [5, 5.41) is 0.594. The van der Waals surface area contributed by atoms with Crippen LogP contribution in [-0.4, -0.2) is 30.5 Å². The van der Waals surface area contributed by atoms with E-state index in [1.54, 1.807) is 0 Å². The number of sulfonamides is 1. The minimum atomic E-state index is -3.79. The van der Waals surface area contributed by atoms with Gasteiger partial charge in [0.1, 0.15) is 10.7 Å². The number of alkyl halides is 1. The quantitative estimate of drug-likeness (QED) is 0.797. The van der Waals surface area contributed by atoms with E-state index in [0.717, 1.165) is 22.5 Å². The van der Waals surface area contributed by atoms with E-state index in [1.165, 1.54) is 0 Å². The summed E-state index contributed by atoms with van der Waals surface area (Å²) in [6.45, 7) is 0.0999. The molecule has 2 rings (SSSR count). The third-order valence-electron chi connectivity index (χ3n) is 2.46. The topological polar surface area (TPSA) is 54.5 Å². The summed E-state index contributed by atoms with van der Waals surface area (Å²) in [5.41, 5.74) is -0.0837. The molecule has 0 unspecified atom stereocenters. The minimum absolute atomic E-state index is 0.0837. The van der Waals surface area contributed by atoms with Crippen LogP contribution in [0.5, 0.6) is 0 Å². The van der Waals surface area contributed by atoms with Gasteiger partial charge in [0.2, 0.25) is 0 Å². The molecule has 1 amide bonds. The summed E-state index contributed by atoms with van der Waals surface area (Å²) in [4.78, 5) is 11.7. The fraction of sp³-hybridized carbons (Fsp3) is 0.300. The number of fused-ring (bicyclic) bond motifs is 1. The lowest BCUT2D eigenvalue weighted by atomic mass is 10.2. The van der Waals surface area contributed by atoms with Crippen molar-refractivity contribution in [2.24, 2.45) is 0 Å². The highest BCUT2D eigenvalue weighted by Crippen LogP contribution is 2.30. The summed E-state index contributed by atoms with van der Waals surface area (Å²) in [6.07, 6.45) is 0.515. The molecule has 0 fully saturated rings. The van der Waals surface area contributed by atoms with E-state index < -0.39 is 21.7 Å². The fourth-order valence-electron chi connectivity index (χ4n) is 1.68. The molecule has 7 heteroatoms. The Kier molecular flexibility index (Phi) is 3.22. The van der Waals surface area contributed by atoms with E-state index in [0.29, 0.717) is 11.8 Å². The van der Waals surface area contributed by atoms with Gasteiger partial charge in [0.05, 0.1) is 5.56 Å². The zero-order valence-corrected chi connectivity index (χ0v) is 11.1. The van der Waals surface area contributed by atoms with E-state index in [1.807, 2.05) is 0 Å². The first kappa shape index (κ1) is 12.5. The Bertz CT molecular complexity index is 573. The Morgan fingerprint density at radius 3 is 2.71 bits per heavy atom. The van der Waals surface area contributed by atoms with Gasteiger partial charge in [-0.1, -0.05) is 15.9 Å².